The number of carbonyl (C=O) groups is 1. The Morgan fingerprint density at radius 2 is 2.04 bits per heavy atom. The van der Waals surface area contributed by atoms with Crippen LogP contribution in [0, 0.1) is 13.8 Å². The number of rotatable bonds is 4. The lowest BCUT2D eigenvalue weighted by Gasteiger charge is -2.11. The second-order valence-electron chi connectivity index (χ2n) is 5.98. The molecule has 2 aromatic heterocycles. The van der Waals surface area contributed by atoms with E-state index >= 15 is 0 Å². The van der Waals surface area contributed by atoms with Gasteiger partial charge in [0.2, 0.25) is 0 Å². The molecule has 0 fully saturated rings. The van der Waals surface area contributed by atoms with E-state index in [9.17, 15) is 9.59 Å². The molecule has 0 saturated heterocycles. The Balaban J connectivity index is 1.92. The molecule has 8 nitrogen and oxygen atoms in total. The van der Waals surface area contributed by atoms with E-state index in [-0.39, 0.29) is 11.5 Å². The van der Waals surface area contributed by atoms with Gasteiger partial charge in [-0.1, -0.05) is 31.0 Å². The summed E-state index contributed by atoms with van der Waals surface area (Å²) in [5.41, 5.74) is 1.66. The minimum atomic E-state index is -0.544. The largest absolute Gasteiger partial charge is 0.323 e. The summed E-state index contributed by atoms with van der Waals surface area (Å²) in [7, 11) is 0. The number of H-pyrrole nitrogens is 1. The van der Waals surface area contributed by atoms with Crippen LogP contribution in [-0.4, -0.2) is 25.6 Å². The molecule has 2 heterocycles. The van der Waals surface area contributed by atoms with Crippen molar-refractivity contribution in [2.24, 2.45) is 0 Å². The lowest BCUT2D eigenvalue weighted by Crippen LogP contribution is -2.28. The predicted molar refractivity (Wildman–Crippen MR) is 101 cm³/mol. The molecule has 0 atom stereocenters. The van der Waals surface area contributed by atoms with Crippen LogP contribution in [-0.2, 0) is 6.42 Å². The molecule has 3 rings (SSSR count). The first kappa shape index (κ1) is 17.9. The minimum Gasteiger partial charge on any atom is -0.308 e. The summed E-state index contributed by atoms with van der Waals surface area (Å²) in [4.78, 5) is 33.6. The lowest BCUT2D eigenvalue weighted by molar-refractivity contribution is 0.262. The van der Waals surface area contributed by atoms with Gasteiger partial charge in [0.15, 0.2) is 0 Å². The number of urea groups is 1. The summed E-state index contributed by atoms with van der Waals surface area (Å²) < 4.78 is 1.22. The lowest BCUT2D eigenvalue weighted by atomic mass is 10.2. The van der Waals surface area contributed by atoms with Crippen molar-refractivity contribution in [2.75, 3.05) is 10.6 Å². The predicted octanol–water partition coefficient (Wildman–Crippen LogP) is 3.28. The zero-order valence-electron chi connectivity index (χ0n) is 14.7. The van der Waals surface area contributed by atoms with E-state index in [0.717, 1.165) is 12.0 Å². The highest BCUT2D eigenvalue weighted by Gasteiger charge is 2.17. The van der Waals surface area contributed by atoms with Crippen LogP contribution < -0.4 is 16.2 Å². The third-order valence-electron chi connectivity index (χ3n) is 3.84. The van der Waals surface area contributed by atoms with Crippen molar-refractivity contribution in [1.29, 1.82) is 0 Å². The van der Waals surface area contributed by atoms with Gasteiger partial charge in [0.25, 0.3) is 11.3 Å². The fourth-order valence-electron chi connectivity index (χ4n) is 2.56. The van der Waals surface area contributed by atoms with E-state index < -0.39 is 11.6 Å². The normalized spacial score (nSPS) is 10.9. The molecule has 0 unspecified atom stereocenters. The number of benzene rings is 1. The number of aryl methyl sites for hydroxylation is 3. The summed E-state index contributed by atoms with van der Waals surface area (Å²) in [5, 5.41) is 8.64. The number of aromatic amines is 1. The maximum atomic E-state index is 12.7. The maximum absolute atomic E-state index is 12.7. The summed E-state index contributed by atoms with van der Waals surface area (Å²) >= 11 is 6.07. The van der Waals surface area contributed by atoms with Crippen LogP contribution >= 0.6 is 11.6 Å². The van der Waals surface area contributed by atoms with Crippen molar-refractivity contribution in [3.8, 4) is 0 Å². The molecule has 2 amide bonds. The van der Waals surface area contributed by atoms with Crippen LogP contribution in [0.15, 0.2) is 23.0 Å². The average Bonchev–Trinajstić information content (AvgIpc) is 2.95. The first-order valence-corrected chi connectivity index (χ1v) is 8.59. The van der Waals surface area contributed by atoms with Gasteiger partial charge < -0.3 is 10.6 Å². The van der Waals surface area contributed by atoms with Gasteiger partial charge in [-0.15, -0.1) is 0 Å². The average molecular weight is 375 g/mol. The monoisotopic (exact) mass is 374 g/mol. The second-order valence-corrected chi connectivity index (χ2v) is 6.38. The first-order valence-electron chi connectivity index (χ1n) is 8.21. The number of aromatic nitrogens is 4. The molecule has 0 spiro atoms. The van der Waals surface area contributed by atoms with Gasteiger partial charge >= 0.3 is 6.03 Å². The summed E-state index contributed by atoms with van der Waals surface area (Å²) in [6.07, 6.45) is 1.32. The summed E-state index contributed by atoms with van der Waals surface area (Å²) in [6, 6.07) is 4.64. The number of anilines is 2. The van der Waals surface area contributed by atoms with Crippen molar-refractivity contribution in [2.45, 2.75) is 33.6 Å². The Bertz CT molecular complexity index is 1040. The Kier molecular flexibility index (Phi) is 4.94. The van der Waals surface area contributed by atoms with E-state index in [1.807, 2.05) is 13.8 Å². The zero-order chi connectivity index (χ0) is 18.8. The molecule has 26 heavy (non-hydrogen) atoms. The molecule has 9 heteroatoms. The smallest absolute Gasteiger partial charge is 0.308 e. The molecule has 0 radical (unpaired) electrons. The van der Waals surface area contributed by atoms with Gasteiger partial charge in [-0.3, -0.25) is 9.89 Å². The highest BCUT2D eigenvalue weighted by molar-refractivity contribution is 6.31. The second kappa shape index (κ2) is 7.17. The van der Waals surface area contributed by atoms with Crippen LogP contribution in [0.1, 0.15) is 30.4 Å². The summed E-state index contributed by atoms with van der Waals surface area (Å²) in [6.45, 7) is 5.57. The quantitative estimate of drug-likeness (QED) is 0.651. The fourth-order valence-corrected chi connectivity index (χ4v) is 2.74. The standard InChI is InChI=1S/C17H19ClN6O2/c1-4-5-13-14(15(25)24-16(21-13)19-10(3)23-24)22-17(26)20-11-7-6-9(2)12(18)8-11/h6-8H,4-5H2,1-3H3,(H,19,21,23)(H2,20,22,26). The zero-order valence-corrected chi connectivity index (χ0v) is 15.4. The number of carbonyl (C=O) groups excluding carboxylic acids is 1. The van der Waals surface area contributed by atoms with E-state index in [1.165, 1.54) is 4.52 Å². The van der Waals surface area contributed by atoms with E-state index in [4.69, 9.17) is 11.6 Å². The maximum Gasteiger partial charge on any atom is 0.323 e. The van der Waals surface area contributed by atoms with Crippen LogP contribution in [0.3, 0.4) is 0 Å². The Labute approximate surface area is 154 Å². The number of nitrogens with zero attached hydrogens (tertiary/aromatic N) is 3. The van der Waals surface area contributed by atoms with E-state index in [2.05, 4.69) is 25.7 Å². The van der Waals surface area contributed by atoms with Crippen LogP contribution in [0.4, 0.5) is 16.2 Å². The SMILES string of the molecule is CCCc1nc2nc(C)[nH]n2c(=O)c1NC(=O)Nc1ccc(C)c(Cl)c1. The Morgan fingerprint density at radius 1 is 1.27 bits per heavy atom. The molecule has 0 aliphatic rings. The van der Waals surface area contributed by atoms with Gasteiger partial charge in [-0.05, 0) is 38.0 Å². The number of halogens is 1. The van der Waals surface area contributed by atoms with Gasteiger partial charge in [0.1, 0.15) is 11.5 Å². The number of nitrogens with one attached hydrogen (secondary N) is 3. The van der Waals surface area contributed by atoms with Crippen molar-refractivity contribution >= 4 is 34.8 Å². The van der Waals surface area contributed by atoms with Gasteiger partial charge in [-0.25, -0.2) is 9.78 Å². The van der Waals surface area contributed by atoms with Crippen LogP contribution in [0.25, 0.3) is 5.78 Å². The van der Waals surface area contributed by atoms with E-state index in [0.29, 0.717) is 28.6 Å². The number of fused-ring (bicyclic) bond motifs is 1. The molecule has 3 N–H and O–H groups in total. The number of hydrogen-bond acceptors (Lipinski definition) is 4. The molecule has 1 aromatic carbocycles. The van der Waals surface area contributed by atoms with Crippen molar-refractivity contribution in [3.05, 3.63) is 50.7 Å². The minimum absolute atomic E-state index is 0.128. The van der Waals surface area contributed by atoms with Crippen molar-refractivity contribution in [1.82, 2.24) is 19.6 Å². The molecule has 0 saturated carbocycles. The van der Waals surface area contributed by atoms with Crippen molar-refractivity contribution in [3.63, 3.8) is 0 Å². The molecular weight excluding hydrogens is 356 g/mol. The van der Waals surface area contributed by atoms with Crippen LogP contribution in [0.2, 0.25) is 5.02 Å². The topological polar surface area (TPSA) is 104 Å². The summed E-state index contributed by atoms with van der Waals surface area (Å²) in [5.74, 6) is 0.847. The third-order valence-corrected chi connectivity index (χ3v) is 4.24. The number of amides is 2. The van der Waals surface area contributed by atoms with Gasteiger partial charge in [-0.2, -0.15) is 9.50 Å². The molecule has 0 aliphatic carbocycles. The first-order chi connectivity index (χ1) is 12.4. The highest BCUT2D eigenvalue weighted by atomic mass is 35.5. The van der Waals surface area contributed by atoms with Crippen molar-refractivity contribution < 1.29 is 4.79 Å². The van der Waals surface area contributed by atoms with Gasteiger partial charge in [0.05, 0.1) is 5.69 Å². The molecular formula is C17H19ClN6O2. The van der Waals surface area contributed by atoms with Gasteiger partial charge in [0, 0.05) is 10.7 Å². The molecule has 136 valence electrons. The van der Waals surface area contributed by atoms with E-state index in [1.54, 1.807) is 25.1 Å². The molecule has 3 aromatic rings. The molecule has 0 aliphatic heterocycles. The van der Waals surface area contributed by atoms with Crippen LogP contribution in [0.5, 0.6) is 0 Å². The Hall–Kier alpha value is -2.87. The fraction of sp³-hybridized carbons (Fsp3) is 0.294. The highest BCUT2D eigenvalue weighted by Crippen LogP contribution is 2.20. The third kappa shape index (κ3) is 3.55. The Morgan fingerprint density at radius 3 is 2.73 bits per heavy atom. The molecule has 0 bridgehead atoms. The number of hydrogen-bond donors (Lipinski definition) is 3.